The van der Waals surface area contributed by atoms with Gasteiger partial charge in [0.2, 0.25) is 0 Å². The zero-order chi connectivity index (χ0) is 15.6. The van der Waals surface area contributed by atoms with Crippen molar-refractivity contribution in [3.8, 4) is 0 Å². The number of hydrogen-bond donors (Lipinski definition) is 2. The van der Waals surface area contributed by atoms with E-state index >= 15 is 0 Å². The molecule has 0 radical (unpaired) electrons. The number of carbonyl (C=O) groups is 1. The van der Waals surface area contributed by atoms with Gasteiger partial charge < -0.3 is 10.4 Å². The molecular weight excluding hydrogens is 368 g/mol. The van der Waals surface area contributed by atoms with Gasteiger partial charge >= 0.3 is 5.97 Å². The van der Waals surface area contributed by atoms with Crippen molar-refractivity contribution in [2.45, 2.75) is 6.54 Å². The molecule has 3 nitrogen and oxygen atoms in total. The molecule has 2 aromatic rings. The van der Waals surface area contributed by atoms with E-state index in [1.165, 1.54) is 18.2 Å². The quantitative estimate of drug-likeness (QED) is 0.814. The summed E-state index contributed by atoms with van der Waals surface area (Å²) in [7, 11) is 0. The summed E-state index contributed by atoms with van der Waals surface area (Å²) in [5.74, 6) is -2.61. The van der Waals surface area contributed by atoms with Crippen molar-refractivity contribution in [1.82, 2.24) is 0 Å². The summed E-state index contributed by atoms with van der Waals surface area (Å²) >= 11 is 9.09. The number of rotatable bonds is 4. The van der Waals surface area contributed by atoms with Crippen molar-refractivity contribution in [1.29, 1.82) is 0 Å². The number of anilines is 1. The molecule has 2 N–H and O–H groups in total. The zero-order valence-electron chi connectivity index (χ0n) is 10.5. The van der Waals surface area contributed by atoms with Crippen LogP contribution in [0.15, 0.2) is 34.8 Å². The van der Waals surface area contributed by atoms with Gasteiger partial charge in [-0.05, 0) is 45.8 Å². The number of carboxylic acid groups (broad SMARTS) is 1. The fourth-order valence-corrected chi connectivity index (χ4v) is 2.70. The molecule has 0 fully saturated rings. The predicted octanol–water partition coefficient (Wildman–Crippen LogP) is 4.69. The number of aromatic carboxylic acids is 1. The van der Waals surface area contributed by atoms with Crippen LogP contribution in [0.5, 0.6) is 0 Å². The fraction of sp³-hybridized carbons (Fsp3) is 0.0714. The lowest BCUT2D eigenvalue weighted by atomic mass is 10.1. The molecule has 0 aromatic heterocycles. The molecule has 0 aliphatic heterocycles. The summed E-state index contributed by atoms with van der Waals surface area (Å²) < 4.78 is 27.1. The van der Waals surface area contributed by atoms with Crippen LogP contribution in [0.4, 0.5) is 14.5 Å². The molecule has 2 rings (SSSR count). The molecule has 2 aromatic carbocycles. The van der Waals surface area contributed by atoms with E-state index in [0.29, 0.717) is 15.7 Å². The Labute approximate surface area is 132 Å². The zero-order valence-corrected chi connectivity index (χ0v) is 12.8. The number of carboxylic acids is 1. The molecule has 110 valence electrons. The maximum absolute atomic E-state index is 13.5. The smallest absolute Gasteiger partial charge is 0.338 e. The van der Waals surface area contributed by atoms with Crippen LogP contribution in [-0.2, 0) is 6.54 Å². The highest BCUT2D eigenvalue weighted by Gasteiger charge is 2.11. The molecule has 0 atom stereocenters. The summed E-state index contributed by atoms with van der Waals surface area (Å²) in [6.45, 7) is 0.209. The second-order valence-corrected chi connectivity index (χ2v) is 5.48. The van der Waals surface area contributed by atoms with Crippen molar-refractivity contribution < 1.29 is 18.7 Å². The first kappa shape index (κ1) is 15.7. The minimum atomic E-state index is -1.32. The molecule has 0 saturated heterocycles. The van der Waals surface area contributed by atoms with Gasteiger partial charge in [-0.3, -0.25) is 0 Å². The fourth-order valence-electron chi connectivity index (χ4n) is 1.74. The lowest BCUT2D eigenvalue weighted by Crippen LogP contribution is -2.05. The van der Waals surface area contributed by atoms with Crippen LogP contribution in [0.1, 0.15) is 15.9 Å². The van der Waals surface area contributed by atoms with Gasteiger partial charge in [-0.2, -0.15) is 0 Å². The van der Waals surface area contributed by atoms with Gasteiger partial charge in [-0.15, -0.1) is 0 Å². The second-order valence-electron chi connectivity index (χ2n) is 4.22. The Balaban J connectivity index is 2.17. The highest BCUT2D eigenvalue weighted by atomic mass is 79.9. The normalized spacial score (nSPS) is 10.5. The summed E-state index contributed by atoms with van der Waals surface area (Å²) in [5.41, 5.74) is 0.616. The summed E-state index contributed by atoms with van der Waals surface area (Å²) in [6.07, 6.45) is 0. The van der Waals surface area contributed by atoms with Crippen molar-refractivity contribution >= 4 is 39.2 Å². The summed E-state index contributed by atoms with van der Waals surface area (Å²) in [6, 6.07) is 6.22. The molecule has 21 heavy (non-hydrogen) atoms. The lowest BCUT2D eigenvalue weighted by Gasteiger charge is -2.11. The number of benzene rings is 2. The standard InChI is InChI=1S/C14H9BrClF2NO2/c15-10-4-8(17)5-11(16)13(10)19-6-7-1-2-9(14(20)21)12(18)3-7/h1-5,19H,6H2,(H,20,21). The van der Waals surface area contributed by atoms with E-state index in [1.54, 1.807) is 0 Å². The first-order valence-electron chi connectivity index (χ1n) is 5.78. The SMILES string of the molecule is O=C(O)c1ccc(CNc2c(Cl)cc(F)cc2Br)cc1F. The molecule has 0 aliphatic carbocycles. The Morgan fingerprint density at radius 1 is 1.29 bits per heavy atom. The molecular formula is C14H9BrClF2NO2. The highest BCUT2D eigenvalue weighted by molar-refractivity contribution is 9.10. The first-order valence-corrected chi connectivity index (χ1v) is 6.95. The Morgan fingerprint density at radius 2 is 2.00 bits per heavy atom. The van der Waals surface area contributed by atoms with Gasteiger partial charge in [-0.1, -0.05) is 17.7 Å². The maximum atomic E-state index is 13.5. The predicted molar refractivity (Wildman–Crippen MR) is 79.8 cm³/mol. The summed E-state index contributed by atoms with van der Waals surface area (Å²) in [4.78, 5) is 10.7. The van der Waals surface area contributed by atoms with Gasteiger partial charge in [-0.25, -0.2) is 13.6 Å². The minimum Gasteiger partial charge on any atom is -0.478 e. The van der Waals surface area contributed by atoms with E-state index in [2.05, 4.69) is 21.2 Å². The first-order chi connectivity index (χ1) is 9.88. The third-order valence-corrected chi connectivity index (χ3v) is 3.66. The van der Waals surface area contributed by atoms with Gasteiger partial charge in [0.05, 0.1) is 16.3 Å². The molecule has 0 bridgehead atoms. The van der Waals surface area contributed by atoms with Crippen LogP contribution >= 0.6 is 27.5 Å². The van der Waals surface area contributed by atoms with Crippen molar-refractivity contribution in [2.24, 2.45) is 0 Å². The van der Waals surface area contributed by atoms with Crippen LogP contribution in [0.3, 0.4) is 0 Å². The van der Waals surface area contributed by atoms with Gasteiger partial charge in [0, 0.05) is 11.0 Å². The highest BCUT2D eigenvalue weighted by Crippen LogP contribution is 2.32. The molecule has 0 amide bonds. The monoisotopic (exact) mass is 375 g/mol. The van der Waals surface area contributed by atoms with E-state index in [4.69, 9.17) is 16.7 Å². The largest absolute Gasteiger partial charge is 0.478 e. The Hall–Kier alpha value is -1.66. The van der Waals surface area contributed by atoms with Crippen molar-refractivity contribution in [3.05, 3.63) is 62.6 Å². The number of hydrogen-bond acceptors (Lipinski definition) is 2. The number of nitrogens with one attached hydrogen (secondary N) is 1. The summed E-state index contributed by atoms with van der Waals surface area (Å²) in [5, 5.41) is 11.9. The lowest BCUT2D eigenvalue weighted by molar-refractivity contribution is 0.0692. The van der Waals surface area contributed by atoms with E-state index < -0.39 is 17.6 Å². The second kappa shape index (κ2) is 6.41. The van der Waals surface area contributed by atoms with Crippen LogP contribution in [0.25, 0.3) is 0 Å². The Bertz CT molecular complexity index is 686. The Morgan fingerprint density at radius 3 is 2.57 bits per heavy atom. The molecule has 0 spiro atoms. The van der Waals surface area contributed by atoms with Crippen molar-refractivity contribution in [2.75, 3.05) is 5.32 Å². The maximum Gasteiger partial charge on any atom is 0.338 e. The number of halogens is 4. The minimum absolute atomic E-state index is 0.185. The average molecular weight is 377 g/mol. The molecule has 0 aliphatic rings. The third-order valence-electron chi connectivity index (χ3n) is 2.74. The van der Waals surface area contributed by atoms with Crippen LogP contribution < -0.4 is 5.32 Å². The van der Waals surface area contributed by atoms with E-state index in [0.717, 1.165) is 12.1 Å². The third kappa shape index (κ3) is 3.71. The molecule has 7 heteroatoms. The van der Waals surface area contributed by atoms with E-state index in [-0.39, 0.29) is 17.1 Å². The van der Waals surface area contributed by atoms with Crippen LogP contribution in [0.2, 0.25) is 5.02 Å². The molecule has 0 heterocycles. The van der Waals surface area contributed by atoms with Gasteiger partial charge in [0.15, 0.2) is 0 Å². The van der Waals surface area contributed by atoms with E-state index in [9.17, 15) is 13.6 Å². The van der Waals surface area contributed by atoms with Gasteiger partial charge in [0.1, 0.15) is 11.6 Å². The molecule has 0 unspecified atom stereocenters. The van der Waals surface area contributed by atoms with E-state index in [1.807, 2.05) is 0 Å². The topological polar surface area (TPSA) is 49.3 Å². The Kier molecular flexibility index (Phi) is 4.80. The van der Waals surface area contributed by atoms with Gasteiger partial charge in [0.25, 0.3) is 0 Å². The van der Waals surface area contributed by atoms with Crippen LogP contribution in [-0.4, -0.2) is 11.1 Å². The van der Waals surface area contributed by atoms with Crippen LogP contribution in [0, 0.1) is 11.6 Å². The average Bonchev–Trinajstić information content (AvgIpc) is 2.36. The van der Waals surface area contributed by atoms with Crippen molar-refractivity contribution in [3.63, 3.8) is 0 Å². The molecule has 0 saturated carbocycles.